The number of piperidine rings is 1. The number of hydrogen-bond acceptors (Lipinski definition) is 6. The lowest BCUT2D eigenvalue weighted by molar-refractivity contribution is 0.187. The molecule has 0 N–H and O–H groups in total. The predicted molar refractivity (Wildman–Crippen MR) is 133 cm³/mol. The lowest BCUT2D eigenvalue weighted by Gasteiger charge is -2.34. The number of imidazole rings is 1. The first-order valence-electron chi connectivity index (χ1n) is 12.2. The molecule has 9 heteroatoms. The molecule has 2 aliphatic heterocycles. The third-order valence-electron chi connectivity index (χ3n) is 6.76. The summed E-state index contributed by atoms with van der Waals surface area (Å²) in [6.07, 6.45) is 3.96. The summed E-state index contributed by atoms with van der Waals surface area (Å²) >= 11 is 0. The highest BCUT2D eigenvalue weighted by atomic mass is 32.2. The van der Waals surface area contributed by atoms with Crippen LogP contribution in [0.4, 0.5) is 0 Å². The van der Waals surface area contributed by atoms with E-state index in [1.54, 1.807) is 0 Å². The Kier molecular flexibility index (Phi) is 6.33. The van der Waals surface area contributed by atoms with Crippen molar-refractivity contribution in [3.05, 3.63) is 30.2 Å². The van der Waals surface area contributed by atoms with E-state index in [2.05, 4.69) is 47.2 Å². The molecule has 4 heterocycles. The first kappa shape index (κ1) is 23.2. The molecule has 1 atom stereocenters. The van der Waals surface area contributed by atoms with Crippen LogP contribution >= 0.6 is 0 Å². The van der Waals surface area contributed by atoms with Gasteiger partial charge >= 0.3 is 0 Å². The summed E-state index contributed by atoms with van der Waals surface area (Å²) in [5, 5.41) is 4.73. The average Bonchev–Trinajstić information content (AvgIpc) is 3.38. The van der Waals surface area contributed by atoms with Crippen LogP contribution in [-0.2, 0) is 17.3 Å². The summed E-state index contributed by atoms with van der Waals surface area (Å²) in [5.74, 6) is 3.12. The molecule has 1 aromatic carbocycles. The van der Waals surface area contributed by atoms with Crippen LogP contribution in [0.25, 0.3) is 22.9 Å². The molecule has 0 saturated carbocycles. The fraction of sp³-hybridized carbons (Fsp3) is 0.560. The smallest absolute Gasteiger partial charge is 0.178 e. The van der Waals surface area contributed by atoms with Crippen LogP contribution in [0.3, 0.4) is 0 Å². The standard InChI is InChI=1S/C25H34N6O2S/c1-16(2)29-10-8-19(9-11-29)34(32)20-6-7-21-23(14-20)33-13-12-30-15-22(27-24(21)30)25-26-18(5)28-31(25)17(3)4/h6-7,14-17,19H,8-13H2,1-5H3. The van der Waals surface area contributed by atoms with Gasteiger partial charge in [-0.3, -0.25) is 4.21 Å². The van der Waals surface area contributed by atoms with E-state index in [4.69, 9.17) is 9.72 Å². The van der Waals surface area contributed by atoms with Crippen molar-refractivity contribution in [3.63, 3.8) is 0 Å². The number of rotatable bonds is 5. The summed E-state index contributed by atoms with van der Waals surface area (Å²) in [4.78, 5) is 12.9. The third-order valence-corrected chi connectivity index (χ3v) is 8.55. The zero-order valence-electron chi connectivity index (χ0n) is 20.7. The Labute approximate surface area is 203 Å². The first-order valence-corrected chi connectivity index (χ1v) is 13.5. The molecular weight excluding hydrogens is 448 g/mol. The van der Waals surface area contributed by atoms with Crippen molar-refractivity contribution >= 4 is 10.8 Å². The van der Waals surface area contributed by atoms with Gasteiger partial charge in [-0.25, -0.2) is 14.6 Å². The van der Waals surface area contributed by atoms with Gasteiger partial charge < -0.3 is 14.2 Å². The van der Waals surface area contributed by atoms with E-state index in [0.717, 1.165) is 65.3 Å². The Hall–Kier alpha value is -2.52. The molecule has 1 saturated heterocycles. The van der Waals surface area contributed by atoms with Crippen molar-refractivity contribution in [1.29, 1.82) is 0 Å². The van der Waals surface area contributed by atoms with Crippen LogP contribution in [-0.4, -0.2) is 64.4 Å². The van der Waals surface area contributed by atoms with Crippen molar-refractivity contribution in [3.8, 4) is 28.7 Å². The minimum atomic E-state index is -1.05. The van der Waals surface area contributed by atoms with Crippen LogP contribution in [0.2, 0.25) is 0 Å². The van der Waals surface area contributed by atoms with E-state index in [1.165, 1.54) is 0 Å². The molecule has 3 aromatic rings. The minimum absolute atomic E-state index is 0.193. The molecular formula is C25H34N6O2S. The normalized spacial score (nSPS) is 18.0. The Morgan fingerprint density at radius 2 is 1.79 bits per heavy atom. The molecule has 0 radical (unpaired) electrons. The van der Waals surface area contributed by atoms with Gasteiger partial charge in [0.25, 0.3) is 0 Å². The number of fused-ring (bicyclic) bond motifs is 3. The molecule has 5 rings (SSSR count). The summed E-state index contributed by atoms with van der Waals surface area (Å²) in [6, 6.07) is 6.70. The van der Waals surface area contributed by atoms with Gasteiger partial charge in [-0.1, -0.05) is 0 Å². The Morgan fingerprint density at radius 1 is 1.03 bits per heavy atom. The van der Waals surface area contributed by atoms with Gasteiger partial charge in [0.1, 0.15) is 29.7 Å². The van der Waals surface area contributed by atoms with Gasteiger partial charge in [-0.05, 0) is 78.7 Å². The van der Waals surface area contributed by atoms with E-state index in [0.29, 0.717) is 19.2 Å². The fourth-order valence-electron chi connectivity index (χ4n) is 4.86. The summed E-state index contributed by atoms with van der Waals surface area (Å²) in [5.41, 5.74) is 1.73. The van der Waals surface area contributed by atoms with Crippen LogP contribution in [0.5, 0.6) is 5.75 Å². The molecule has 2 aliphatic rings. The van der Waals surface area contributed by atoms with Crippen LogP contribution < -0.4 is 4.74 Å². The van der Waals surface area contributed by atoms with Crippen molar-refractivity contribution in [2.24, 2.45) is 0 Å². The average molecular weight is 483 g/mol. The fourth-order valence-corrected chi connectivity index (χ4v) is 6.31. The van der Waals surface area contributed by atoms with E-state index in [1.807, 2.05) is 36.0 Å². The molecule has 0 aliphatic carbocycles. The maximum absolute atomic E-state index is 13.4. The van der Waals surface area contributed by atoms with Crippen LogP contribution in [0.15, 0.2) is 29.3 Å². The number of benzene rings is 1. The summed E-state index contributed by atoms with van der Waals surface area (Å²) in [7, 11) is -1.05. The second-order valence-electron chi connectivity index (χ2n) is 9.80. The van der Waals surface area contributed by atoms with Crippen LogP contribution in [0, 0.1) is 6.92 Å². The Bertz CT molecular complexity index is 1210. The molecule has 34 heavy (non-hydrogen) atoms. The number of nitrogens with zero attached hydrogens (tertiary/aromatic N) is 6. The Balaban J connectivity index is 1.43. The highest BCUT2D eigenvalue weighted by Crippen LogP contribution is 2.36. The summed E-state index contributed by atoms with van der Waals surface area (Å²) < 4.78 is 23.5. The maximum atomic E-state index is 13.4. The third kappa shape index (κ3) is 4.31. The monoisotopic (exact) mass is 482 g/mol. The van der Waals surface area contributed by atoms with Gasteiger partial charge in [0.15, 0.2) is 5.82 Å². The molecule has 1 fully saturated rings. The Morgan fingerprint density at radius 3 is 2.50 bits per heavy atom. The van der Waals surface area contributed by atoms with Gasteiger partial charge in [0.05, 0.1) is 22.9 Å². The van der Waals surface area contributed by atoms with E-state index < -0.39 is 10.8 Å². The highest BCUT2D eigenvalue weighted by Gasteiger charge is 2.28. The van der Waals surface area contributed by atoms with Crippen molar-refractivity contribution in [2.45, 2.75) is 76.2 Å². The number of hydrogen-bond donors (Lipinski definition) is 0. The molecule has 182 valence electrons. The zero-order chi connectivity index (χ0) is 24.0. The minimum Gasteiger partial charge on any atom is -0.491 e. The molecule has 2 aromatic heterocycles. The number of aryl methyl sites for hydroxylation is 1. The predicted octanol–water partition coefficient (Wildman–Crippen LogP) is 4.07. The van der Waals surface area contributed by atoms with Crippen LogP contribution in [0.1, 0.15) is 52.4 Å². The summed E-state index contributed by atoms with van der Waals surface area (Å²) in [6.45, 7) is 13.8. The molecule has 0 amide bonds. The zero-order valence-corrected chi connectivity index (χ0v) is 21.5. The van der Waals surface area contributed by atoms with E-state index in [-0.39, 0.29) is 11.3 Å². The van der Waals surface area contributed by atoms with Crippen molar-refractivity contribution < 1.29 is 8.95 Å². The highest BCUT2D eigenvalue weighted by molar-refractivity contribution is 7.85. The van der Waals surface area contributed by atoms with Gasteiger partial charge in [-0.15, -0.1) is 0 Å². The lowest BCUT2D eigenvalue weighted by Crippen LogP contribution is -2.41. The largest absolute Gasteiger partial charge is 0.491 e. The topological polar surface area (TPSA) is 78.1 Å². The first-order chi connectivity index (χ1) is 16.3. The van der Waals surface area contributed by atoms with Gasteiger partial charge in [-0.2, -0.15) is 5.10 Å². The molecule has 8 nitrogen and oxygen atoms in total. The number of ether oxygens (including phenoxy) is 1. The van der Waals surface area contributed by atoms with E-state index in [9.17, 15) is 4.21 Å². The molecule has 0 spiro atoms. The quantitative estimate of drug-likeness (QED) is 0.546. The SMILES string of the molecule is Cc1nc(-c2cn3c(n2)-c2ccc(S(=O)C4CCN(C(C)C)CC4)cc2OCC3)n(C(C)C)n1. The van der Waals surface area contributed by atoms with Crippen molar-refractivity contribution in [1.82, 2.24) is 29.2 Å². The van der Waals surface area contributed by atoms with Gasteiger partial charge in [0.2, 0.25) is 0 Å². The molecule has 0 bridgehead atoms. The molecule has 1 unspecified atom stereocenters. The number of aromatic nitrogens is 5. The van der Waals surface area contributed by atoms with Crippen molar-refractivity contribution in [2.75, 3.05) is 19.7 Å². The maximum Gasteiger partial charge on any atom is 0.178 e. The second-order valence-corrected chi connectivity index (χ2v) is 11.5. The van der Waals surface area contributed by atoms with E-state index >= 15 is 0 Å². The lowest BCUT2D eigenvalue weighted by atomic mass is 10.1. The van der Waals surface area contributed by atoms with Gasteiger partial charge in [0, 0.05) is 28.4 Å². The second kappa shape index (κ2) is 9.26. The number of likely N-dealkylation sites (tertiary alicyclic amines) is 1.